The van der Waals surface area contributed by atoms with Gasteiger partial charge in [-0.1, -0.05) is 0 Å². The Kier molecular flexibility index (Phi) is 4.05. The van der Waals surface area contributed by atoms with Crippen LogP contribution in [0, 0.1) is 5.82 Å². The number of aryl methyl sites for hydroxylation is 1. The predicted molar refractivity (Wildman–Crippen MR) is 69.0 cm³/mol. The van der Waals surface area contributed by atoms with Gasteiger partial charge in [-0.3, -0.25) is 15.5 Å². The van der Waals surface area contributed by atoms with E-state index in [-0.39, 0.29) is 5.69 Å². The number of pyridine rings is 1. The Morgan fingerprint density at radius 1 is 1.61 bits per heavy atom. The lowest BCUT2D eigenvalue weighted by Gasteiger charge is -2.17. The van der Waals surface area contributed by atoms with Crippen molar-refractivity contribution in [1.29, 1.82) is 0 Å². The minimum absolute atomic E-state index is 0.246. The van der Waals surface area contributed by atoms with E-state index in [1.165, 1.54) is 12.3 Å². The topological polar surface area (TPSA) is 68.8 Å². The van der Waals surface area contributed by atoms with E-state index in [1.807, 2.05) is 6.92 Å². The van der Waals surface area contributed by atoms with Gasteiger partial charge in [0.2, 0.25) is 0 Å². The first-order valence-corrected chi connectivity index (χ1v) is 6.26. The molecule has 0 bridgehead atoms. The summed E-state index contributed by atoms with van der Waals surface area (Å²) in [7, 11) is 0. The second kappa shape index (κ2) is 5.55. The van der Waals surface area contributed by atoms with Crippen LogP contribution < -0.4 is 11.3 Å². The van der Waals surface area contributed by atoms with Crippen molar-refractivity contribution in [2.75, 3.05) is 0 Å². The van der Waals surface area contributed by atoms with Crippen LogP contribution in [-0.2, 0) is 6.54 Å². The monoisotopic (exact) mass is 313 g/mol. The average Bonchev–Trinajstić information content (AvgIpc) is 2.74. The molecule has 96 valence electrons. The number of hydrazine groups is 1. The number of nitrogens with zero attached hydrogens (tertiary/aromatic N) is 3. The Morgan fingerprint density at radius 2 is 2.39 bits per heavy atom. The van der Waals surface area contributed by atoms with Gasteiger partial charge < -0.3 is 0 Å². The zero-order valence-electron chi connectivity index (χ0n) is 9.77. The lowest BCUT2D eigenvalue weighted by molar-refractivity contribution is 0.502. The van der Waals surface area contributed by atoms with Gasteiger partial charge in [-0.25, -0.2) is 9.82 Å². The van der Waals surface area contributed by atoms with Crippen LogP contribution in [0.4, 0.5) is 4.39 Å². The van der Waals surface area contributed by atoms with Crippen LogP contribution in [0.3, 0.4) is 0 Å². The van der Waals surface area contributed by atoms with Gasteiger partial charge in [0.25, 0.3) is 0 Å². The lowest BCUT2D eigenvalue weighted by atomic mass is 10.1. The molecule has 0 amide bonds. The molecule has 1 unspecified atom stereocenters. The molecule has 0 aliphatic rings. The lowest BCUT2D eigenvalue weighted by Crippen LogP contribution is -2.32. The number of aromatic nitrogens is 3. The molecule has 7 heteroatoms. The molecule has 0 aliphatic carbocycles. The minimum Gasteiger partial charge on any atom is -0.270 e. The van der Waals surface area contributed by atoms with Crippen molar-refractivity contribution in [2.24, 2.45) is 5.84 Å². The summed E-state index contributed by atoms with van der Waals surface area (Å²) in [5.41, 5.74) is 3.58. The first-order chi connectivity index (χ1) is 8.69. The molecule has 5 nitrogen and oxygen atoms in total. The highest BCUT2D eigenvalue weighted by Crippen LogP contribution is 2.28. The van der Waals surface area contributed by atoms with Crippen molar-refractivity contribution < 1.29 is 4.39 Å². The van der Waals surface area contributed by atoms with Gasteiger partial charge in [0.1, 0.15) is 17.6 Å². The molecule has 1 atom stereocenters. The molecule has 2 aromatic heterocycles. The van der Waals surface area contributed by atoms with E-state index in [4.69, 9.17) is 5.84 Å². The van der Waals surface area contributed by atoms with E-state index in [0.717, 1.165) is 10.2 Å². The van der Waals surface area contributed by atoms with Crippen molar-refractivity contribution in [2.45, 2.75) is 19.5 Å². The van der Waals surface area contributed by atoms with Gasteiger partial charge in [-0.15, -0.1) is 0 Å². The normalized spacial score (nSPS) is 12.7. The molecule has 0 radical (unpaired) electrons. The Balaban J connectivity index is 2.52. The first-order valence-electron chi connectivity index (χ1n) is 5.46. The van der Waals surface area contributed by atoms with E-state index in [1.54, 1.807) is 16.9 Å². The fraction of sp³-hybridized carbons (Fsp3) is 0.273. The van der Waals surface area contributed by atoms with Crippen LogP contribution in [0.25, 0.3) is 0 Å². The SMILES string of the molecule is CCn1ncc(Br)c1C(NN)c1ncccc1F. The standard InChI is InChI=1S/C11H13BrFN5/c1-2-18-11(7(12)6-16-18)10(17-14)9-8(13)4-3-5-15-9/h3-6,10,17H,2,14H2,1H3. The van der Waals surface area contributed by atoms with Crippen LogP contribution in [0.5, 0.6) is 0 Å². The Labute approximate surface area is 112 Å². The first kappa shape index (κ1) is 13.1. The van der Waals surface area contributed by atoms with E-state index >= 15 is 0 Å². The van der Waals surface area contributed by atoms with Crippen LogP contribution in [-0.4, -0.2) is 14.8 Å². The van der Waals surface area contributed by atoms with Crippen molar-refractivity contribution in [3.63, 3.8) is 0 Å². The molecule has 2 rings (SSSR count). The Morgan fingerprint density at radius 3 is 3.00 bits per heavy atom. The number of rotatable bonds is 4. The zero-order chi connectivity index (χ0) is 13.1. The quantitative estimate of drug-likeness (QED) is 0.666. The molecule has 0 fully saturated rings. The highest BCUT2D eigenvalue weighted by atomic mass is 79.9. The maximum atomic E-state index is 13.8. The molecule has 0 aliphatic heterocycles. The largest absolute Gasteiger partial charge is 0.270 e. The summed E-state index contributed by atoms with van der Waals surface area (Å²) in [6.07, 6.45) is 3.19. The summed E-state index contributed by atoms with van der Waals surface area (Å²) < 4.78 is 16.3. The van der Waals surface area contributed by atoms with E-state index in [0.29, 0.717) is 6.54 Å². The fourth-order valence-corrected chi connectivity index (χ4v) is 2.33. The molecule has 18 heavy (non-hydrogen) atoms. The van der Waals surface area contributed by atoms with Crippen LogP contribution in [0.2, 0.25) is 0 Å². The summed E-state index contributed by atoms with van der Waals surface area (Å²) in [6.45, 7) is 2.61. The number of hydrogen-bond donors (Lipinski definition) is 2. The predicted octanol–water partition coefficient (Wildman–Crippen LogP) is 1.75. The third kappa shape index (κ3) is 2.29. The van der Waals surface area contributed by atoms with Crippen molar-refractivity contribution in [3.05, 3.63) is 46.2 Å². The molecule has 2 aromatic rings. The summed E-state index contributed by atoms with van der Waals surface area (Å²) in [4.78, 5) is 4.04. The van der Waals surface area contributed by atoms with Crippen LogP contribution >= 0.6 is 15.9 Å². The van der Waals surface area contributed by atoms with E-state index in [2.05, 4.69) is 31.4 Å². The Bertz CT molecular complexity index is 542. The Hall–Kier alpha value is -1.31. The summed E-state index contributed by atoms with van der Waals surface area (Å²) in [6, 6.07) is 2.34. The molecule has 0 spiro atoms. The van der Waals surface area contributed by atoms with Crippen LogP contribution in [0.1, 0.15) is 24.4 Å². The van der Waals surface area contributed by atoms with Crippen molar-refractivity contribution in [1.82, 2.24) is 20.2 Å². The molecular formula is C11H13BrFN5. The number of nitrogens with one attached hydrogen (secondary N) is 1. The fourth-order valence-electron chi connectivity index (χ4n) is 1.81. The van der Waals surface area contributed by atoms with Gasteiger partial charge in [0.05, 0.1) is 16.4 Å². The summed E-state index contributed by atoms with van der Waals surface area (Å²) in [5.74, 6) is 5.13. The maximum Gasteiger partial charge on any atom is 0.146 e. The third-order valence-electron chi connectivity index (χ3n) is 2.63. The van der Waals surface area contributed by atoms with Gasteiger partial charge in [0, 0.05) is 12.7 Å². The van der Waals surface area contributed by atoms with Gasteiger partial charge in [-0.05, 0) is 35.0 Å². The van der Waals surface area contributed by atoms with Crippen molar-refractivity contribution in [3.8, 4) is 0 Å². The molecule has 0 aromatic carbocycles. The smallest absolute Gasteiger partial charge is 0.146 e. The molecule has 2 heterocycles. The average molecular weight is 314 g/mol. The molecular weight excluding hydrogens is 301 g/mol. The van der Waals surface area contributed by atoms with E-state index in [9.17, 15) is 4.39 Å². The van der Waals surface area contributed by atoms with Crippen LogP contribution in [0.15, 0.2) is 29.0 Å². The van der Waals surface area contributed by atoms with Gasteiger partial charge >= 0.3 is 0 Å². The number of halogens is 2. The van der Waals surface area contributed by atoms with Gasteiger partial charge in [-0.2, -0.15) is 5.10 Å². The third-order valence-corrected chi connectivity index (χ3v) is 3.24. The zero-order valence-corrected chi connectivity index (χ0v) is 11.4. The second-order valence-electron chi connectivity index (χ2n) is 3.66. The summed E-state index contributed by atoms with van der Waals surface area (Å²) in [5, 5.41) is 4.18. The molecule has 0 saturated heterocycles. The minimum atomic E-state index is -0.553. The molecule has 3 N–H and O–H groups in total. The number of hydrogen-bond acceptors (Lipinski definition) is 4. The molecule has 0 saturated carbocycles. The van der Waals surface area contributed by atoms with Gasteiger partial charge in [0.15, 0.2) is 0 Å². The van der Waals surface area contributed by atoms with Crippen molar-refractivity contribution >= 4 is 15.9 Å². The van der Waals surface area contributed by atoms with E-state index < -0.39 is 11.9 Å². The summed E-state index contributed by atoms with van der Waals surface area (Å²) >= 11 is 3.39. The maximum absolute atomic E-state index is 13.8. The number of nitrogens with two attached hydrogens (primary N) is 1. The second-order valence-corrected chi connectivity index (χ2v) is 4.52. The highest BCUT2D eigenvalue weighted by molar-refractivity contribution is 9.10. The highest BCUT2D eigenvalue weighted by Gasteiger charge is 2.24.